The predicted molar refractivity (Wildman–Crippen MR) is 118 cm³/mol. The molecule has 3 aromatic carbocycles. The molecule has 0 aliphatic heterocycles. The van der Waals surface area contributed by atoms with Gasteiger partial charge < -0.3 is 10.1 Å². The zero-order chi connectivity index (χ0) is 23.1. The number of nitrogens with one attached hydrogen (secondary N) is 3. The van der Waals surface area contributed by atoms with Crippen LogP contribution >= 0.6 is 0 Å². The van der Waals surface area contributed by atoms with Gasteiger partial charge in [0.15, 0.2) is 0 Å². The molecule has 164 valence electrons. The van der Waals surface area contributed by atoms with E-state index in [0.717, 1.165) is 0 Å². The Morgan fingerprint density at radius 1 is 1.06 bits per heavy atom. The van der Waals surface area contributed by atoms with Gasteiger partial charge in [-0.05, 0) is 47.5 Å². The number of aromatic amines is 2. The first-order chi connectivity index (χ1) is 15.9. The van der Waals surface area contributed by atoms with E-state index in [1.54, 1.807) is 30.3 Å². The SMILES string of the molecule is O=C(O)Nc1nc2cc(-c3cc(Cc4n[nH]c(=O)c5cccc(F)c45)ccc3F)ccc2[nH]1. The fraction of sp³-hybridized carbons (Fsp3) is 0.0435. The zero-order valence-electron chi connectivity index (χ0n) is 16.8. The highest BCUT2D eigenvalue weighted by Gasteiger charge is 2.14. The van der Waals surface area contributed by atoms with Crippen LogP contribution in [0.1, 0.15) is 11.3 Å². The quantitative estimate of drug-likeness (QED) is 0.325. The zero-order valence-corrected chi connectivity index (χ0v) is 16.8. The molecule has 8 nitrogen and oxygen atoms in total. The number of nitrogens with zero attached hydrogens (tertiary/aromatic N) is 2. The molecule has 0 spiro atoms. The van der Waals surface area contributed by atoms with Gasteiger partial charge in [0.25, 0.3) is 5.56 Å². The fourth-order valence-electron chi connectivity index (χ4n) is 3.80. The Morgan fingerprint density at radius 2 is 1.91 bits per heavy atom. The summed E-state index contributed by atoms with van der Waals surface area (Å²) in [5, 5.41) is 17.7. The molecule has 10 heteroatoms. The number of carboxylic acid groups (broad SMARTS) is 1. The van der Waals surface area contributed by atoms with Gasteiger partial charge in [-0.15, -0.1) is 0 Å². The number of aromatic nitrogens is 4. The van der Waals surface area contributed by atoms with Crippen molar-refractivity contribution in [2.24, 2.45) is 0 Å². The molecule has 0 bridgehead atoms. The van der Waals surface area contributed by atoms with Crippen molar-refractivity contribution in [3.8, 4) is 11.1 Å². The van der Waals surface area contributed by atoms with Crippen molar-refractivity contribution < 1.29 is 18.7 Å². The first kappa shape index (κ1) is 20.3. The molecule has 0 aliphatic rings. The Balaban J connectivity index is 1.54. The second kappa shape index (κ2) is 7.83. The van der Waals surface area contributed by atoms with Gasteiger partial charge >= 0.3 is 6.09 Å². The predicted octanol–water partition coefficient (Wildman–Crippen LogP) is 4.43. The number of benzene rings is 3. The Bertz CT molecular complexity index is 1610. The van der Waals surface area contributed by atoms with Crippen molar-refractivity contribution in [3.63, 3.8) is 0 Å². The van der Waals surface area contributed by atoms with Crippen LogP contribution in [0.3, 0.4) is 0 Å². The molecule has 5 aromatic rings. The molecule has 33 heavy (non-hydrogen) atoms. The van der Waals surface area contributed by atoms with Gasteiger partial charge in [-0.3, -0.25) is 10.1 Å². The first-order valence-electron chi connectivity index (χ1n) is 9.83. The van der Waals surface area contributed by atoms with Gasteiger partial charge in [-0.1, -0.05) is 18.2 Å². The maximum atomic E-state index is 14.7. The van der Waals surface area contributed by atoms with Crippen LogP contribution in [0.15, 0.2) is 59.4 Å². The lowest BCUT2D eigenvalue weighted by molar-refractivity contribution is 0.209. The molecule has 0 saturated heterocycles. The minimum Gasteiger partial charge on any atom is -0.465 e. The summed E-state index contributed by atoms with van der Waals surface area (Å²) < 4.78 is 29.2. The molecule has 4 N–H and O–H groups in total. The van der Waals surface area contributed by atoms with Crippen molar-refractivity contribution in [3.05, 3.63) is 87.8 Å². The van der Waals surface area contributed by atoms with Gasteiger partial charge in [0.2, 0.25) is 5.95 Å². The number of hydrogen-bond donors (Lipinski definition) is 4. The van der Waals surface area contributed by atoms with Crippen molar-refractivity contribution in [2.45, 2.75) is 6.42 Å². The largest absolute Gasteiger partial charge is 0.465 e. The molecule has 5 rings (SSSR count). The first-order valence-corrected chi connectivity index (χ1v) is 9.83. The number of carbonyl (C=O) groups is 1. The summed E-state index contributed by atoms with van der Waals surface area (Å²) in [7, 11) is 0. The number of H-pyrrole nitrogens is 2. The lowest BCUT2D eigenvalue weighted by atomic mass is 9.98. The van der Waals surface area contributed by atoms with Crippen LogP contribution in [0.25, 0.3) is 32.9 Å². The maximum Gasteiger partial charge on any atom is 0.411 e. The van der Waals surface area contributed by atoms with E-state index in [0.29, 0.717) is 33.4 Å². The molecule has 0 fully saturated rings. The molecule has 1 amide bonds. The van der Waals surface area contributed by atoms with Crippen molar-refractivity contribution >= 4 is 33.8 Å². The lowest BCUT2D eigenvalue weighted by Gasteiger charge is -2.09. The van der Waals surface area contributed by atoms with Gasteiger partial charge in [-0.25, -0.2) is 23.7 Å². The van der Waals surface area contributed by atoms with Crippen molar-refractivity contribution in [1.29, 1.82) is 0 Å². The van der Waals surface area contributed by atoms with E-state index in [1.807, 2.05) is 0 Å². The normalized spacial score (nSPS) is 11.2. The second-order valence-corrected chi connectivity index (χ2v) is 7.40. The van der Waals surface area contributed by atoms with Crippen LogP contribution < -0.4 is 10.9 Å². The molecular weight excluding hydrogens is 432 g/mol. The van der Waals surface area contributed by atoms with E-state index in [1.165, 1.54) is 24.3 Å². The molecule has 0 atom stereocenters. The highest BCUT2D eigenvalue weighted by Crippen LogP contribution is 2.29. The number of fused-ring (bicyclic) bond motifs is 2. The summed E-state index contributed by atoms with van der Waals surface area (Å²) in [5.41, 5.74) is 2.35. The van der Waals surface area contributed by atoms with E-state index in [-0.39, 0.29) is 23.1 Å². The van der Waals surface area contributed by atoms with Gasteiger partial charge in [-0.2, -0.15) is 5.10 Å². The van der Waals surface area contributed by atoms with E-state index in [9.17, 15) is 18.4 Å². The molecule has 0 radical (unpaired) electrons. The Kier molecular flexibility index (Phi) is 4.82. The highest BCUT2D eigenvalue weighted by molar-refractivity contribution is 5.88. The van der Waals surface area contributed by atoms with Gasteiger partial charge in [0.1, 0.15) is 11.6 Å². The fourth-order valence-corrected chi connectivity index (χ4v) is 3.80. The summed E-state index contributed by atoms with van der Waals surface area (Å²) in [4.78, 5) is 29.8. The number of rotatable bonds is 4. The molecule has 2 heterocycles. The monoisotopic (exact) mass is 447 g/mol. The number of hydrogen-bond acceptors (Lipinski definition) is 4. The third-order valence-electron chi connectivity index (χ3n) is 5.26. The standard InChI is InChI=1S/C23H15F2N5O3/c24-15-6-4-11(9-19-20-13(21(31)30-29-19)2-1-3-16(20)25)8-14(15)12-5-7-17-18(10-12)27-22(26-17)28-23(32)33/h1-8,10H,9H2,(H,30,31)(H,32,33)(H2,26,27,28). The topological polar surface area (TPSA) is 124 Å². The molecule has 0 aliphatic carbocycles. The third-order valence-corrected chi connectivity index (χ3v) is 5.26. The molecular formula is C23H15F2N5O3. The molecule has 2 aromatic heterocycles. The van der Waals surface area contributed by atoms with Crippen LogP contribution in [0, 0.1) is 11.6 Å². The Hall–Kier alpha value is -4.60. The van der Waals surface area contributed by atoms with E-state index < -0.39 is 23.3 Å². The second-order valence-electron chi connectivity index (χ2n) is 7.40. The maximum absolute atomic E-state index is 14.7. The number of halogens is 2. The average molecular weight is 447 g/mol. The van der Waals surface area contributed by atoms with Crippen LogP contribution in [0.5, 0.6) is 0 Å². The smallest absolute Gasteiger partial charge is 0.411 e. The van der Waals surface area contributed by atoms with E-state index >= 15 is 0 Å². The minimum atomic E-state index is -1.26. The Labute approximate surface area is 183 Å². The van der Waals surface area contributed by atoms with E-state index in [2.05, 4.69) is 25.5 Å². The molecule has 0 unspecified atom stereocenters. The number of imidazole rings is 1. The lowest BCUT2D eigenvalue weighted by Crippen LogP contribution is -2.12. The summed E-state index contributed by atoms with van der Waals surface area (Å²) >= 11 is 0. The summed E-state index contributed by atoms with van der Waals surface area (Å²) in [6.07, 6.45) is -1.09. The van der Waals surface area contributed by atoms with Gasteiger partial charge in [0, 0.05) is 17.4 Å². The van der Waals surface area contributed by atoms with Crippen molar-refractivity contribution in [2.75, 3.05) is 5.32 Å². The summed E-state index contributed by atoms with van der Waals surface area (Å²) in [6.45, 7) is 0. The molecule has 0 saturated carbocycles. The van der Waals surface area contributed by atoms with Gasteiger partial charge in [0.05, 0.1) is 22.1 Å². The van der Waals surface area contributed by atoms with Crippen LogP contribution in [-0.2, 0) is 6.42 Å². The highest BCUT2D eigenvalue weighted by atomic mass is 19.1. The number of anilines is 1. The van der Waals surface area contributed by atoms with Crippen LogP contribution in [0.4, 0.5) is 19.5 Å². The number of amides is 1. The Morgan fingerprint density at radius 3 is 2.73 bits per heavy atom. The van der Waals surface area contributed by atoms with Crippen molar-refractivity contribution in [1.82, 2.24) is 20.2 Å². The average Bonchev–Trinajstić information content (AvgIpc) is 3.18. The summed E-state index contributed by atoms with van der Waals surface area (Å²) in [6, 6.07) is 13.7. The van der Waals surface area contributed by atoms with Crippen LogP contribution in [-0.4, -0.2) is 31.4 Å². The van der Waals surface area contributed by atoms with E-state index in [4.69, 9.17) is 5.11 Å². The minimum absolute atomic E-state index is 0.0573. The third kappa shape index (κ3) is 3.78. The van der Waals surface area contributed by atoms with Crippen LogP contribution in [0.2, 0.25) is 0 Å². The summed E-state index contributed by atoms with van der Waals surface area (Å²) in [5.74, 6) is -0.969.